The van der Waals surface area contributed by atoms with Crippen LogP contribution in [0.1, 0.15) is 21.6 Å². The maximum atomic E-state index is 12.9. The summed E-state index contributed by atoms with van der Waals surface area (Å²) in [7, 11) is 0. The van der Waals surface area contributed by atoms with Crippen molar-refractivity contribution in [3.63, 3.8) is 0 Å². The first-order valence-corrected chi connectivity index (χ1v) is 6.95. The van der Waals surface area contributed by atoms with Crippen molar-refractivity contribution in [2.24, 2.45) is 0 Å². The lowest BCUT2D eigenvalue weighted by Gasteiger charge is -2.24. The Morgan fingerprint density at radius 1 is 1.21 bits per heavy atom. The number of carbonyl (C=O) groups excluding carboxylic acids is 1. The van der Waals surface area contributed by atoms with E-state index in [-0.39, 0.29) is 5.56 Å². The van der Waals surface area contributed by atoms with Gasteiger partial charge in [0.05, 0.1) is 0 Å². The molecular weight excluding hydrogens is 328 g/mol. The summed E-state index contributed by atoms with van der Waals surface area (Å²) in [6, 6.07) is 5.88. The van der Waals surface area contributed by atoms with Gasteiger partial charge in [0.1, 0.15) is 17.9 Å². The molecule has 1 N–H and O–H groups in total. The SMILES string of the molecule is Cc1cc(=O)c(C(=O)N(Cc2ccc(F)cc2)CC(F)(F)F)c[nH]1. The lowest BCUT2D eigenvalue weighted by molar-refractivity contribution is -0.141. The lowest BCUT2D eigenvalue weighted by atomic mass is 10.1. The van der Waals surface area contributed by atoms with Gasteiger partial charge in [-0.2, -0.15) is 13.2 Å². The molecular formula is C16H14F4N2O2. The zero-order valence-electron chi connectivity index (χ0n) is 12.7. The van der Waals surface area contributed by atoms with Crippen molar-refractivity contribution in [3.8, 4) is 0 Å². The van der Waals surface area contributed by atoms with Crippen molar-refractivity contribution < 1.29 is 22.4 Å². The van der Waals surface area contributed by atoms with Gasteiger partial charge in [-0.05, 0) is 24.6 Å². The van der Waals surface area contributed by atoms with Gasteiger partial charge in [0.2, 0.25) is 0 Å². The fourth-order valence-electron chi connectivity index (χ4n) is 2.14. The number of H-pyrrole nitrogens is 1. The number of aromatic amines is 1. The number of carbonyl (C=O) groups is 1. The summed E-state index contributed by atoms with van der Waals surface area (Å²) in [6.07, 6.45) is -3.54. The standard InChI is InChI=1S/C16H14F4N2O2/c1-10-6-14(23)13(7-21-10)15(24)22(9-16(18,19)20)8-11-2-4-12(17)5-3-11/h2-7H,8-9H2,1H3,(H,21,23). The summed E-state index contributed by atoms with van der Waals surface area (Å²) < 4.78 is 51.2. The van der Waals surface area contributed by atoms with Gasteiger partial charge in [0.25, 0.3) is 5.91 Å². The van der Waals surface area contributed by atoms with E-state index in [1.54, 1.807) is 6.92 Å². The molecule has 4 nitrogen and oxygen atoms in total. The summed E-state index contributed by atoms with van der Waals surface area (Å²) in [5, 5.41) is 0. The molecule has 0 fully saturated rings. The monoisotopic (exact) mass is 342 g/mol. The van der Waals surface area contributed by atoms with Crippen LogP contribution in [0.25, 0.3) is 0 Å². The largest absolute Gasteiger partial charge is 0.406 e. The highest BCUT2D eigenvalue weighted by molar-refractivity contribution is 5.93. The molecule has 1 amide bonds. The number of aromatic nitrogens is 1. The third-order valence-corrected chi connectivity index (χ3v) is 3.23. The van der Waals surface area contributed by atoms with Crippen molar-refractivity contribution in [2.45, 2.75) is 19.6 Å². The molecule has 1 aromatic heterocycles. The molecule has 128 valence electrons. The van der Waals surface area contributed by atoms with Gasteiger partial charge in [-0.15, -0.1) is 0 Å². The highest BCUT2D eigenvalue weighted by atomic mass is 19.4. The maximum Gasteiger partial charge on any atom is 0.406 e. The van der Waals surface area contributed by atoms with Crippen molar-refractivity contribution >= 4 is 5.91 Å². The van der Waals surface area contributed by atoms with Crippen LogP contribution in [-0.4, -0.2) is 28.5 Å². The first kappa shape index (κ1) is 17.7. The van der Waals surface area contributed by atoms with Crippen LogP contribution in [-0.2, 0) is 6.54 Å². The first-order valence-electron chi connectivity index (χ1n) is 6.95. The molecule has 1 heterocycles. The Morgan fingerprint density at radius 2 is 1.83 bits per heavy atom. The molecule has 8 heteroatoms. The van der Waals surface area contributed by atoms with Crippen molar-refractivity contribution in [1.29, 1.82) is 0 Å². The van der Waals surface area contributed by atoms with E-state index in [2.05, 4.69) is 4.98 Å². The number of alkyl halides is 3. The van der Waals surface area contributed by atoms with E-state index in [4.69, 9.17) is 0 Å². The van der Waals surface area contributed by atoms with Crippen LogP contribution in [0, 0.1) is 12.7 Å². The van der Waals surface area contributed by atoms with Crippen LogP contribution in [0.15, 0.2) is 41.3 Å². The molecule has 0 atom stereocenters. The fraction of sp³-hybridized carbons (Fsp3) is 0.250. The molecule has 2 rings (SSSR count). The topological polar surface area (TPSA) is 53.2 Å². The smallest absolute Gasteiger partial charge is 0.364 e. The molecule has 0 aliphatic rings. The van der Waals surface area contributed by atoms with Gasteiger partial charge in [0.15, 0.2) is 5.43 Å². The second-order valence-corrected chi connectivity index (χ2v) is 5.30. The molecule has 0 spiro atoms. The van der Waals surface area contributed by atoms with E-state index in [1.165, 1.54) is 12.1 Å². The second kappa shape index (κ2) is 6.86. The minimum atomic E-state index is -4.63. The third kappa shape index (κ3) is 4.68. The number of benzene rings is 1. The number of halogens is 4. The van der Waals surface area contributed by atoms with Crippen LogP contribution >= 0.6 is 0 Å². The van der Waals surface area contributed by atoms with Crippen molar-refractivity contribution in [3.05, 3.63) is 69.4 Å². The second-order valence-electron chi connectivity index (χ2n) is 5.30. The number of amides is 1. The van der Waals surface area contributed by atoms with E-state index < -0.39 is 36.4 Å². The molecule has 0 radical (unpaired) electrons. The molecule has 0 aliphatic carbocycles. The summed E-state index contributed by atoms with van der Waals surface area (Å²) in [5.41, 5.74) is -0.246. The number of rotatable bonds is 4. The minimum Gasteiger partial charge on any atom is -0.364 e. The number of nitrogens with zero attached hydrogens (tertiary/aromatic N) is 1. The van der Waals surface area contributed by atoms with E-state index in [0.717, 1.165) is 24.4 Å². The van der Waals surface area contributed by atoms with E-state index in [9.17, 15) is 27.2 Å². The van der Waals surface area contributed by atoms with Crippen LogP contribution in [0.4, 0.5) is 17.6 Å². The fourth-order valence-corrected chi connectivity index (χ4v) is 2.14. The predicted octanol–water partition coefficient (Wildman–Crippen LogP) is 3.03. The Balaban J connectivity index is 2.32. The third-order valence-electron chi connectivity index (χ3n) is 3.23. The van der Waals surface area contributed by atoms with Crippen LogP contribution in [0.3, 0.4) is 0 Å². The zero-order valence-corrected chi connectivity index (χ0v) is 12.7. The number of hydrogen-bond donors (Lipinski definition) is 1. The number of aryl methyl sites for hydroxylation is 1. The Morgan fingerprint density at radius 3 is 2.38 bits per heavy atom. The summed E-state index contributed by atoms with van der Waals surface area (Å²) in [6.45, 7) is -0.329. The van der Waals surface area contributed by atoms with Crippen molar-refractivity contribution in [2.75, 3.05) is 6.54 Å². The van der Waals surface area contributed by atoms with E-state index >= 15 is 0 Å². The van der Waals surface area contributed by atoms with E-state index in [0.29, 0.717) is 16.2 Å². The average Bonchev–Trinajstić information content (AvgIpc) is 2.47. The van der Waals surface area contributed by atoms with E-state index in [1.807, 2.05) is 0 Å². The number of pyridine rings is 1. The lowest BCUT2D eigenvalue weighted by Crippen LogP contribution is -2.40. The van der Waals surface area contributed by atoms with Crippen LogP contribution in [0.5, 0.6) is 0 Å². The van der Waals surface area contributed by atoms with Gasteiger partial charge < -0.3 is 9.88 Å². The number of nitrogens with one attached hydrogen (secondary N) is 1. The van der Waals surface area contributed by atoms with Gasteiger partial charge in [-0.25, -0.2) is 4.39 Å². The Labute approximate surface area is 134 Å². The Kier molecular flexibility index (Phi) is 5.06. The molecule has 0 unspecified atom stereocenters. The molecule has 0 saturated carbocycles. The molecule has 2 aromatic rings. The van der Waals surface area contributed by atoms with Crippen molar-refractivity contribution in [1.82, 2.24) is 9.88 Å². The van der Waals surface area contributed by atoms with Crippen LogP contribution < -0.4 is 5.43 Å². The Hall–Kier alpha value is -2.64. The summed E-state index contributed by atoms with van der Waals surface area (Å²) in [4.78, 5) is 27.3. The Bertz CT molecular complexity index is 782. The minimum absolute atomic E-state index is 0.317. The molecule has 24 heavy (non-hydrogen) atoms. The number of hydrogen-bond acceptors (Lipinski definition) is 2. The summed E-state index contributed by atoms with van der Waals surface area (Å²) >= 11 is 0. The van der Waals surface area contributed by atoms with Gasteiger partial charge >= 0.3 is 6.18 Å². The molecule has 0 saturated heterocycles. The highest BCUT2D eigenvalue weighted by Crippen LogP contribution is 2.19. The maximum absolute atomic E-state index is 12.9. The summed E-state index contributed by atoms with van der Waals surface area (Å²) in [5.74, 6) is -1.58. The quantitative estimate of drug-likeness (QED) is 0.869. The van der Waals surface area contributed by atoms with Gasteiger partial charge in [-0.1, -0.05) is 12.1 Å². The van der Waals surface area contributed by atoms with Gasteiger partial charge in [-0.3, -0.25) is 9.59 Å². The predicted molar refractivity (Wildman–Crippen MR) is 79.0 cm³/mol. The average molecular weight is 342 g/mol. The first-order chi connectivity index (χ1) is 11.2. The molecule has 0 bridgehead atoms. The highest BCUT2D eigenvalue weighted by Gasteiger charge is 2.34. The molecule has 1 aromatic carbocycles. The molecule has 0 aliphatic heterocycles. The zero-order chi connectivity index (χ0) is 17.9. The van der Waals surface area contributed by atoms with Crippen LogP contribution in [0.2, 0.25) is 0 Å². The normalized spacial score (nSPS) is 11.4. The van der Waals surface area contributed by atoms with Gasteiger partial charge in [0, 0.05) is 24.5 Å².